The van der Waals surface area contributed by atoms with Gasteiger partial charge in [-0.2, -0.15) is 0 Å². The fourth-order valence-corrected chi connectivity index (χ4v) is 2.04. The van der Waals surface area contributed by atoms with Gasteiger partial charge in [0.05, 0.1) is 17.1 Å². The Morgan fingerprint density at radius 1 is 1.25 bits per heavy atom. The summed E-state index contributed by atoms with van der Waals surface area (Å²) in [5.74, 6) is 0.444. The van der Waals surface area contributed by atoms with E-state index in [2.05, 4.69) is 4.98 Å². The van der Waals surface area contributed by atoms with Crippen LogP contribution in [0.2, 0.25) is 10.2 Å². The van der Waals surface area contributed by atoms with Crippen LogP contribution in [0.15, 0.2) is 36.4 Å². The predicted octanol–water partition coefficient (Wildman–Crippen LogP) is 3.93. The number of hydrogen-bond acceptors (Lipinski definition) is 4. The zero-order valence-electron chi connectivity index (χ0n) is 10.6. The van der Waals surface area contributed by atoms with Gasteiger partial charge >= 0.3 is 0 Å². The average Bonchev–Trinajstić information content (AvgIpc) is 2.40. The molecule has 20 heavy (non-hydrogen) atoms. The Labute approximate surface area is 125 Å². The number of pyridine rings is 1. The fraction of sp³-hybridized carbons (Fsp3) is 0.154. The summed E-state index contributed by atoms with van der Waals surface area (Å²) in [7, 11) is 1.79. The Hall–Kier alpha value is -1.85. The summed E-state index contributed by atoms with van der Waals surface area (Å²) in [6, 6.07) is 9.97. The van der Waals surface area contributed by atoms with Crippen LogP contribution in [0.3, 0.4) is 0 Å². The molecule has 0 fully saturated rings. The zero-order valence-corrected chi connectivity index (χ0v) is 12.1. The van der Waals surface area contributed by atoms with Crippen molar-refractivity contribution in [2.45, 2.75) is 6.54 Å². The molecule has 0 radical (unpaired) electrons. The molecule has 0 amide bonds. The number of aromatic nitrogens is 1. The second-order valence-electron chi connectivity index (χ2n) is 4.25. The Balaban J connectivity index is 2.22. The Bertz CT molecular complexity index is 632. The van der Waals surface area contributed by atoms with Crippen molar-refractivity contribution in [1.29, 1.82) is 0 Å². The van der Waals surface area contributed by atoms with Gasteiger partial charge < -0.3 is 4.90 Å². The topological polar surface area (TPSA) is 59.3 Å². The second-order valence-corrected chi connectivity index (χ2v) is 5.07. The van der Waals surface area contributed by atoms with Crippen LogP contribution in [0.25, 0.3) is 0 Å². The Kier molecular flexibility index (Phi) is 4.42. The largest absolute Gasteiger partial charge is 0.355 e. The SMILES string of the molecule is CN(Cc1ccc(Cl)cc1)c1cc([N+](=O)[O-])cc(Cl)n1. The number of rotatable bonds is 4. The molecule has 0 bridgehead atoms. The van der Waals surface area contributed by atoms with Crippen LogP contribution >= 0.6 is 23.2 Å². The highest BCUT2D eigenvalue weighted by Crippen LogP contribution is 2.23. The maximum Gasteiger partial charge on any atom is 0.276 e. The lowest BCUT2D eigenvalue weighted by Gasteiger charge is -2.18. The Morgan fingerprint density at radius 2 is 1.90 bits per heavy atom. The molecule has 1 aromatic carbocycles. The van der Waals surface area contributed by atoms with E-state index < -0.39 is 4.92 Å². The summed E-state index contributed by atoms with van der Waals surface area (Å²) >= 11 is 11.6. The molecule has 5 nitrogen and oxygen atoms in total. The van der Waals surface area contributed by atoms with Crippen LogP contribution in [0.1, 0.15) is 5.56 Å². The molecule has 0 saturated carbocycles. The van der Waals surface area contributed by atoms with Crippen molar-refractivity contribution in [2.24, 2.45) is 0 Å². The van der Waals surface area contributed by atoms with Gasteiger partial charge in [-0.25, -0.2) is 4.98 Å². The standard InChI is InChI=1S/C13H11Cl2N3O2/c1-17(8-9-2-4-10(14)5-3-9)13-7-11(18(19)20)6-12(15)16-13/h2-7H,8H2,1H3. The lowest BCUT2D eigenvalue weighted by atomic mass is 10.2. The summed E-state index contributed by atoms with van der Waals surface area (Å²) in [4.78, 5) is 16.2. The number of anilines is 1. The highest BCUT2D eigenvalue weighted by atomic mass is 35.5. The summed E-state index contributed by atoms with van der Waals surface area (Å²) in [5, 5.41) is 11.6. The third-order valence-corrected chi connectivity index (χ3v) is 3.15. The number of nitro groups is 1. The Morgan fingerprint density at radius 3 is 2.50 bits per heavy atom. The summed E-state index contributed by atoms with van der Waals surface area (Å²) in [6.07, 6.45) is 0. The minimum absolute atomic E-state index is 0.0806. The molecular formula is C13H11Cl2N3O2. The highest BCUT2D eigenvalue weighted by molar-refractivity contribution is 6.30. The molecule has 104 valence electrons. The first kappa shape index (κ1) is 14.6. The van der Waals surface area contributed by atoms with E-state index in [-0.39, 0.29) is 10.8 Å². The van der Waals surface area contributed by atoms with Gasteiger partial charge in [-0.05, 0) is 17.7 Å². The van der Waals surface area contributed by atoms with E-state index in [1.54, 1.807) is 24.1 Å². The molecule has 0 N–H and O–H groups in total. The van der Waals surface area contributed by atoms with Crippen molar-refractivity contribution in [3.05, 3.63) is 62.3 Å². The minimum atomic E-state index is -0.493. The molecule has 2 aromatic rings. The third kappa shape index (κ3) is 3.59. The van der Waals surface area contributed by atoms with Crippen LogP contribution in [0, 0.1) is 10.1 Å². The van der Waals surface area contributed by atoms with E-state index in [1.807, 2.05) is 12.1 Å². The molecule has 1 heterocycles. The molecule has 0 saturated heterocycles. The van der Waals surface area contributed by atoms with Crippen molar-refractivity contribution in [2.75, 3.05) is 11.9 Å². The lowest BCUT2D eigenvalue weighted by molar-refractivity contribution is -0.384. The number of hydrogen-bond donors (Lipinski definition) is 0. The van der Waals surface area contributed by atoms with Gasteiger partial charge in [0, 0.05) is 18.6 Å². The van der Waals surface area contributed by atoms with E-state index in [0.717, 1.165) is 5.56 Å². The smallest absolute Gasteiger partial charge is 0.276 e. The van der Waals surface area contributed by atoms with E-state index >= 15 is 0 Å². The van der Waals surface area contributed by atoms with Gasteiger partial charge in [0.15, 0.2) is 0 Å². The first-order valence-corrected chi connectivity index (χ1v) is 6.49. The van der Waals surface area contributed by atoms with E-state index in [0.29, 0.717) is 17.4 Å². The number of nitrogens with zero attached hydrogens (tertiary/aromatic N) is 3. The maximum absolute atomic E-state index is 10.8. The molecular weight excluding hydrogens is 301 g/mol. The molecule has 0 aliphatic carbocycles. The molecule has 0 atom stereocenters. The van der Waals surface area contributed by atoms with Crippen molar-refractivity contribution in [1.82, 2.24) is 4.98 Å². The predicted molar refractivity (Wildman–Crippen MR) is 79.5 cm³/mol. The van der Waals surface area contributed by atoms with Gasteiger partial charge in [-0.3, -0.25) is 10.1 Å². The number of halogens is 2. The molecule has 2 rings (SSSR count). The fourth-order valence-electron chi connectivity index (χ4n) is 1.72. The van der Waals surface area contributed by atoms with Gasteiger partial charge in [-0.1, -0.05) is 35.3 Å². The van der Waals surface area contributed by atoms with Crippen molar-refractivity contribution in [3.8, 4) is 0 Å². The molecule has 0 unspecified atom stereocenters. The summed E-state index contributed by atoms with van der Waals surface area (Å²) in [6.45, 7) is 0.543. The normalized spacial score (nSPS) is 10.3. The summed E-state index contributed by atoms with van der Waals surface area (Å²) in [5.41, 5.74) is 0.935. The van der Waals surface area contributed by atoms with Crippen LogP contribution in [0.5, 0.6) is 0 Å². The molecule has 0 aliphatic heterocycles. The van der Waals surface area contributed by atoms with Crippen LogP contribution in [0.4, 0.5) is 11.5 Å². The first-order valence-electron chi connectivity index (χ1n) is 5.73. The zero-order chi connectivity index (χ0) is 14.7. The van der Waals surface area contributed by atoms with Crippen LogP contribution < -0.4 is 4.90 Å². The third-order valence-electron chi connectivity index (χ3n) is 2.70. The highest BCUT2D eigenvalue weighted by Gasteiger charge is 2.13. The summed E-state index contributed by atoms with van der Waals surface area (Å²) < 4.78 is 0. The van der Waals surface area contributed by atoms with Gasteiger partial charge in [-0.15, -0.1) is 0 Å². The van der Waals surface area contributed by atoms with Crippen molar-refractivity contribution < 1.29 is 4.92 Å². The first-order chi connectivity index (χ1) is 9.45. The molecule has 0 spiro atoms. The number of benzene rings is 1. The quantitative estimate of drug-likeness (QED) is 0.487. The van der Waals surface area contributed by atoms with E-state index in [9.17, 15) is 10.1 Å². The maximum atomic E-state index is 10.8. The van der Waals surface area contributed by atoms with Crippen LogP contribution in [-0.2, 0) is 6.54 Å². The molecule has 1 aromatic heterocycles. The molecule has 7 heteroatoms. The van der Waals surface area contributed by atoms with Gasteiger partial charge in [0.25, 0.3) is 5.69 Å². The van der Waals surface area contributed by atoms with Gasteiger partial charge in [0.1, 0.15) is 11.0 Å². The van der Waals surface area contributed by atoms with Gasteiger partial charge in [0.2, 0.25) is 0 Å². The van der Waals surface area contributed by atoms with E-state index in [1.165, 1.54) is 12.1 Å². The van der Waals surface area contributed by atoms with Crippen molar-refractivity contribution in [3.63, 3.8) is 0 Å². The lowest BCUT2D eigenvalue weighted by Crippen LogP contribution is -2.17. The van der Waals surface area contributed by atoms with Crippen LogP contribution in [-0.4, -0.2) is 17.0 Å². The van der Waals surface area contributed by atoms with Crippen molar-refractivity contribution >= 4 is 34.7 Å². The monoisotopic (exact) mass is 311 g/mol. The average molecular weight is 312 g/mol. The molecule has 0 aliphatic rings. The van der Waals surface area contributed by atoms with E-state index in [4.69, 9.17) is 23.2 Å². The minimum Gasteiger partial charge on any atom is -0.355 e. The second kappa shape index (κ2) is 6.07.